The fourth-order valence-electron chi connectivity index (χ4n) is 1.46. The van der Waals surface area contributed by atoms with Crippen LogP contribution in [0.5, 0.6) is 23.0 Å². The number of aromatic hydroxyl groups is 3. The van der Waals surface area contributed by atoms with E-state index in [1.165, 1.54) is 0 Å². The Morgan fingerprint density at radius 2 is 1.38 bits per heavy atom. The zero-order valence-corrected chi connectivity index (χ0v) is 10.1. The summed E-state index contributed by atoms with van der Waals surface area (Å²) in [7, 11) is 0. The molecule has 0 spiro atoms. The fraction of sp³-hybridized carbons (Fsp3) is 0.200. The molecule has 0 amide bonds. The summed E-state index contributed by atoms with van der Waals surface area (Å²) >= 11 is 0. The van der Waals surface area contributed by atoms with Gasteiger partial charge >= 0.3 is 11.9 Å². The molecule has 0 saturated heterocycles. The van der Waals surface area contributed by atoms with E-state index in [2.05, 4.69) is 9.78 Å². The topological polar surface area (TPSA) is 183 Å². The molecule has 0 aromatic heterocycles. The monoisotopic (exact) mass is 306 g/mol. The number of phenols is 3. The third-order valence-electron chi connectivity index (χ3n) is 2.29. The normalized spacial score (nSPS) is 10.0. The number of aliphatic hydroxyl groups excluding tert-OH is 1. The summed E-state index contributed by atoms with van der Waals surface area (Å²) in [6, 6.07) is 0. The van der Waals surface area contributed by atoms with Crippen LogP contribution in [0.15, 0.2) is 0 Å². The second kappa shape index (κ2) is 6.60. The van der Waals surface area contributed by atoms with Crippen LogP contribution in [0.2, 0.25) is 0 Å². The first-order valence-corrected chi connectivity index (χ1v) is 5.16. The van der Waals surface area contributed by atoms with Crippen molar-refractivity contribution in [3.63, 3.8) is 0 Å². The Kier molecular flexibility index (Phi) is 5.12. The van der Waals surface area contributed by atoms with Crippen molar-refractivity contribution in [1.82, 2.24) is 0 Å². The average Bonchev–Trinajstić information content (AvgIpc) is 2.49. The Morgan fingerprint density at radius 3 is 1.86 bits per heavy atom. The van der Waals surface area contributed by atoms with Crippen molar-refractivity contribution < 1.29 is 55.0 Å². The molecule has 21 heavy (non-hydrogen) atoms. The summed E-state index contributed by atoms with van der Waals surface area (Å²) in [4.78, 5) is 29.5. The molecule has 0 unspecified atom stereocenters. The zero-order chi connectivity index (χ0) is 16.2. The SMILES string of the molecule is O=C(OO)c1c(O)c(O)c(O)c(OCCO)c1C(=O)OO. The molecule has 0 radical (unpaired) electrons. The van der Waals surface area contributed by atoms with Gasteiger partial charge in [0.05, 0.1) is 6.61 Å². The van der Waals surface area contributed by atoms with Gasteiger partial charge < -0.3 is 25.2 Å². The molecule has 0 saturated carbocycles. The van der Waals surface area contributed by atoms with Crippen molar-refractivity contribution in [3.8, 4) is 23.0 Å². The molecule has 11 heteroatoms. The van der Waals surface area contributed by atoms with Crippen LogP contribution in [0.3, 0.4) is 0 Å². The summed E-state index contributed by atoms with van der Waals surface area (Å²) < 4.78 is 4.74. The number of benzene rings is 1. The average molecular weight is 306 g/mol. The number of hydrogen-bond acceptors (Lipinski definition) is 11. The van der Waals surface area contributed by atoms with Gasteiger partial charge in [-0.3, -0.25) is 9.78 Å². The third kappa shape index (κ3) is 2.89. The molecule has 1 aromatic rings. The molecular formula is C10H10O11. The molecule has 1 aromatic carbocycles. The van der Waals surface area contributed by atoms with E-state index in [1.807, 2.05) is 0 Å². The Labute approximate surface area is 115 Å². The predicted octanol–water partition coefficient (Wildman–Crippen LogP) is -0.566. The maximum absolute atomic E-state index is 11.4. The summed E-state index contributed by atoms with van der Waals surface area (Å²) in [5, 5.41) is 53.9. The quantitative estimate of drug-likeness (QED) is 0.232. The van der Waals surface area contributed by atoms with Gasteiger partial charge in [0.15, 0.2) is 11.5 Å². The number of hydrogen-bond donors (Lipinski definition) is 6. The van der Waals surface area contributed by atoms with Crippen LogP contribution >= 0.6 is 0 Å². The van der Waals surface area contributed by atoms with E-state index in [1.54, 1.807) is 0 Å². The van der Waals surface area contributed by atoms with Crippen LogP contribution in [-0.4, -0.2) is 56.1 Å². The number of ether oxygens (including phenoxy) is 1. The summed E-state index contributed by atoms with van der Waals surface area (Å²) in [5.74, 6) is -8.04. The minimum absolute atomic E-state index is 0.489. The number of carbonyl (C=O) groups is 2. The molecule has 0 aliphatic rings. The highest BCUT2D eigenvalue weighted by atomic mass is 17.1. The highest BCUT2D eigenvalue weighted by Gasteiger charge is 2.34. The van der Waals surface area contributed by atoms with Crippen molar-refractivity contribution >= 4 is 11.9 Å². The maximum Gasteiger partial charge on any atom is 0.377 e. The molecule has 0 heterocycles. The van der Waals surface area contributed by atoms with E-state index in [4.69, 9.17) is 20.4 Å². The van der Waals surface area contributed by atoms with Crippen LogP contribution in [0.4, 0.5) is 0 Å². The van der Waals surface area contributed by atoms with Crippen molar-refractivity contribution in [2.24, 2.45) is 0 Å². The van der Waals surface area contributed by atoms with E-state index in [0.29, 0.717) is 0 Å². The zero-order valence-electron chi connectivity index (χ0n) is 10.1. The molecular weight excluding hydrogens is 296 g/mol. The van der Waals surface area contributed by atoms with Gasteiger partial charge in [0.25, 0.3) is 0 Å². The number of phenolic OH excluding ortho intramolecular Hbond substituents is 3. The lowest BCUT2D eigenvalue weighted by Crippen LogP contribution is -2.16. The molecule has 1 rings (SSSR count). The minimum Gasteiger partial charge on any atom is -0.504 e. The molecule has 0 aliphatic heterocycles. The van der Waals surface area contributed by atoms with Crippen LogP contribution in [0.1, 0.15) is 20.7 Å². The lowest BCUT2D eigenvalue weighted by Gasteiger charge is -2.15. The van der Waals surface area contributed by atoms with Crippen molar-refractivity contribution in [2.75, 3.05) is 13.2 Å². The number of rotatable bonds is 5. The van der Waals surface area contributed by atoms with Crippen LogP contribution in [-0.2, 0) is 9.78 Å². The Hall–Kier alpha value is -2.76. The van der Waals surface area contributed by atoms with Gasteiger partial charge in [-0.2, -0.15) is 10.5 Å². The van der Waals surface area contributed by atoms with E-state index in [9.17, 15) is 24.9 Å². The van der Waals surface area contributed by atoms with Crippen molar-refractivity contribution in [3.05, 3.63) is 11.1 Å². The van der Waals surface area contributed by atoms with Crippen LogP contribution < -0.4 is 4.74 Å². The van der Waals surface area contributed by atoms with Gasteiger partial charge in [0, 0.05) is 0 Å². The van der Waals surface area contributed by atoms with Gasteiger partial charge in [-0.25, -0.2) is 9.59 Å². The van der Waals surface area contributed by atoms with E-state index in [0.717, 1.165) is 0 Å². The van der Waals surface area contributed by atoms with Gasteiger partial charge in [0.2, 0.25) is 11.5 Å². The fourth-order valence-corrected chi connectivity index (χ4v) is 1.46. The van der Waals surface area contributed by atoms with Crippen LogP contribution in [0, 0.1) is 0 Å². The smallest absolute Gasteiger partial charge is 0.377 e. The Morgan fingerprint density at radius 1 is 0.857 bits per heavy atom. The molecule has 6 N–H and O–H groups in total. The van der Waals surface area contributed by atoms with Crippen LogP contribution in [0.25, 0.3) is 0 Å². The Bertz CT molecular complexity index is 565. The third-order valence-corrected chi connectivity index (χ3v) is 2.29. The largest absolute Gasteiger partial charge is 0.504 e. The van der Waals surface area contributed by atoms with Crippen molar-refractivity contribution in [2.45, 2.75) is 0 Å². The summed E-state index contributed by atoms with van der Waals surface area (Å²) in [6.45, 7) is -1.06. The van der Waals surface area contributed by atoms with Gasteiger partial charge in [0.1, 0.15) is 17.7 Å². The first-order chi connectivity index (χ1) is 9.90. The first kappa shape index (κ1) is 16.3. The standard InChI is InChI=1S/C10H10O11/c11-1-2-19-8-4(10(16)21-18)3(9(15)20-17)5(12)6(13)7(8)14/h11-14,17-18H,1-2H2. The molecule has 0 bridgehead atoms. The highest BCUT2D eigenvalue weighted by Crippen LogP contribution is 2.48. The molecule has 11 nitrogen and oxygen atoms in total. The molecule has 0 atom stereocenters. The summed E-state index contributed by atoms with van der Waals surface area (Å²) in [6.07, 6.45) is 0. The van der Waals surface area contributed by atoms with E-state index < -0.39 is 59.3 Å². The highest BCUT2D eigenvalue weighted by molar-refractivity contribution is 6.08. The lowest BCUT2D eigenvalue weighted by atomic mass is 10.0. The van der Waals surface area contributed by atoms with E-state index in [-0.39, 0.29) is 0 Å². The van der Waals surface area contributed by atoms with Gasteiger partial charge in [-0.05, 0) is 0 Å². The lowest BCUT2D eigenvalue weighted by molar-refractivity contribution is -0.185. The first-order valence-electron chi connectivity index (χ1n) is 5.16. The molecule has 116 valence electrons. The molecule has 0 aliphatic carbocycles. The Balaban J connectivity index is 3.71. The number of carbonyl (C=O) groups excluding carboxylic acids is 2. The number of aliphatic hydroxyl groups is 1. The van der Waals surface area contributed by atoms with Gasteiger partial charge in [-0.15, -0.1) is 0 Å². The van der Waals surface area contributed by atoms with Gasteiger partial charge in [-0.1, -0.05) is 0 Å². The van der Waals surface area contributed by atoms with E-state index >= 15 is 0 Å². The minimum atomic E-state index is -1.71. The summed E-state index contributed by atoms with van der Waals surface area (Å²) in [5.41, 5.74) is -2.18. The second-order valence-corrected chi connectivity index (χ2v) is 3.45. The second-order valence-electron chi connectivity index (χ2n) is 3.45. The molecule has 0 fully saturated rings. The van der Waals surface area contributed by atoms with Crippen molar-refractivity contribution in [1.29, 1.82) is 0 Å². The predicted molar refractivity (Wildman–Crippen MR) is 60.1 cm³/mol. The maximum atomic E-state index is 11.4.